The summed E-state index contributed by atoms with van der Waals surface area (Å²) in [5, 5.41) is 0. The normalized spacial score (nSPS) is 4.36. The van der Waals surface area contributed by atoms with Crippen molar-refractivity contribution in [2.24, 2.45) is 0 Å². The van der Waals surface area contributed by atoms with Crippen molar-refractivity contribution in [3.63, 3.8) is 0 Å². The fraction of sp³-hybridized carbons (Fsp3) is 0. The minimum absolute atomic E-state index is 0. The van der Waals surface area contributed by atoms with Gasteiger partial charge in [-0.3, -0.25) is 0 Å². The quantitative estimate of drug-likeness (QED) is 0.359. The van der Waals surface area contributed by atoms with E-state index in [-0.39, 0.29) is 5.48 Å². The van der Waals surface area contributed by atoms with E-state index in [4.69, 9.17) is 0 Å². The van der Waals surface area contributed by atoms with Crippen molar-refractivity contribution in [3.8, 4) is 0 Å². The van der Waals surface area contributed by atoms with Crippen LogP contribution in [0.2, 0.25) is 0 Å². The van der Waals surface area contributed by atoms with Crippen LogP contribution < -0.4 is 0 Å². The van der Waals surface area contributed by atoms with Crippen molar-refractivity contribution in [1.82, 2.24) is 0 Å². The first-order valence-electron chi connectivity index (χ1n) is 1.76. The molecular weight excluding hydrogens is 682 g/mol. The SMILES string of the molecule is O.[O]=[Nd][O][Nd]=[O].[O]=[Pr][O][Pr]=[O]. The second-order valence-electron chi connectivity index (χ2n) is 0.597. The van der Waals surface area contributed by atoms with Crippen LogP contribution in [0.4, 0.5) is 0 Å². The van der Waals surface area contributed by atoms with Gasteiger partial charge in [0.2, 0.25) is 0 Å². The van der Waals surface area contributed by atoms with E-state index in [0.717, 1.165) is 0 Å². The molecule has 0 fully saturated rings. The molecule has 0 saturated heterocycles. The Hall–Kier alpha value is 4.51. The average molecular weight is 684 g/mol. The van der Waals surface area contributed by atoms with Gasteiger partial charge in [0.15, 0.2) is 0 Å². The molecule has 0 bridgehead atoms. The molecule has 0 atom stereocenters. The van der Waals surface area contributed by atoms with Crippen molar-refractivity contribution in [1.29, 1.82) is 0 Å². The number of hydrogen-bond donors (Lipinski definition) is 0. The Morgan fingerprint density at radius 3 is 1.36 bits per heavy atom. The molecule has 0 unspecified atom stereocenters. The first kappa shape index (κ1) is 20.9. The molecule has 0 aromatic rings. The molecule has 0 radical (unpaired) electrons. The first-order chi connectivity index (χ1) is 4.83. The topological polar surface area (TPSA) is 118 Å². The molecule has 0 aromatic carbocycles. The van der Waals surface area contributed by atoms with Crippen LogP contribution in [0.3, 0.4) is 0 Å². The van der Waals surface area contributed by atoms with E-state index in [1.165, 1.54) is 0 Å². The second kappa shape index (κ2) is 24.0. The first-order valence-corrected chi connectivity index (χ1v) is 13.0. The van der Waals surface area contributed by atoms with Crippen molar-refractivity contribution in [3.05, 3.63) is 0 Å². The van der Waals surface area contributed by atoms with Crippen LogP contribution in [0.5, 0.6) is 0 Å². The Morgan fingerprint density at radius 1 is 1.00 bits per heavy atom. The van der Waals surface area contributed by atoms with Crippen molar-refractivity contribution < 1.29 is 155 Å². The van der Waals surface area contributed by atoms with Crippen LogP contribution in [0.15, 0.2) is 0 Å². The van der Waals surface area contributed by atoms with Gasteiger partial charge in [0.05, 0.1) is 0 Å². The van der Waals surface area contributed by atoms with Crippen molar-refractivity contribution >= 4 is 0 Å². The van der Waals surface area contributed by atoms with Crippen LogP contribution >= 0.6 is 0 Å². The number of hydrogen-bond acceptors (Lipinski definition) is 6. The summed E-state index contributed by atoms with van der Waals surface area (Å²) in [5.41, 5.74) is 0. The van der Waals surface area contributed by atoms with Gasteiger partial charge in [-0.1, -0.05) is 0 Å². The van der Waals surface area contributed by atoms with Gasteiger partial charge in [-0.15, -0.1) is 0 Å². The van der Waals surface area contributed by atoms with Gasteiger partial charge in [-0.2, -0.15) is 0 Å². The number of rotatable bonds is 4. The van der Waals surface area contributed by atoms with E-state index in [1.54, 1.807) is 0 Å². The molecule has 0 rings (SSSR count). The van der Waals surface area contributed by atoms with Crippen LogP contribution in [-0.4, -0.2) is 5.48 Å². The van der Waals surface area contributed by atoms with Gasteiger partial charge in [-0.05, 0) is 0 Å². The van der Waals surface area contributed by atoms with Gasteiger partial charge >= 0.3 is 149 Å². The van der Waals surface area contributed by atoms with Crippen molar-refractivity contribution in [2.75, 3.05) is 0 Å². The molecule has 0 saturated carbocycles. The summed E-state index contributed by atoms with van der Waals surface area (Å²) in [5.74, 6) is 0. The summed E-state index contributed by atoms with van der Waals surface area (Å²) < 4.78 is 45.7. The molecule has 2 N–H and O–H groups in total. The molecule has 0 aliphatic rings. The van der Waals surface area contributed by atoms with E-state index in [2.05, 4.69) is -5.33 Å². The third kappa shape index (κ3) is 31.4. The summed E-state index contributed by atoms with van der Waals surface area (Å²) in [6, 6.07) is 0. The molecular formula is H2Nd2O7Pr2. The van der Waals surface area contributed by atoms with Gasteiger partial charge in [0.25, 0.3) is 0 Å². The Balaban J connectivity index is -0.000000107. The molecule has 11 heteroatoms. The van der Waals surface area contributed by atoms with Crippen LogP contribution in [0, 0.1) is 151 Å². The van der Waals surface area contributed by atoms with E-state index in [1.807, 2.05) is 0 Å². The second-order valence-corrected chi connectivity index (χ2v) is 15.8. The standard InChI is InChI=1S/2Nd.H2O.6O.2Pr/h;;1H2;;;;;;;;. The zero-order valence-electron chi connectivity index (χ0n) is 5.10. The molecule has 0 aliphatic carbocycles. The zero-order valence-corrected chi connectivity index (χ0v) is 18.9. The summed E-state index contributed by atoms with van der Waals surface area (Å²) in [6.07, 6.45) is 0. The van der Waals surface area contributed by atoms with Crippen LogP contribution in [0.25, 0.3) is 0 Å². The summed E-state index contributed by atoms with van der Waals surface area (Å²) >= 11 is -7.91. The monoisotopic (exact) mass is 680 g/mol. The van der Waals surface area contributed by atoms with Gasteiger partial charge in [0.1, 0.15) is 0 Å². The maximum absolute atomic E-state index is 9.37. The van der Waals surface area contributed by atoms with E-state index in [0.29, 0.717) is 0 Å². The summed E-state index contributed by atoms with van der Waals surface area (Å²) in [6.45, 7) is 0. The molecule has 58 valence electrons. The fourth-order valence-electron chi connectivity index (χ4n) is 0.0397. The Morgan fingerprint density at radius 2 is 1.36 bits per heavy atom. The molecule has 0 heterocycles. The van der Waals surface area contributed by atoms with E-state index < -0.39 is 151 Å². The molecule has 0 amide bonds. The molecule has 11 heavy (non-hydrogen) atoms. The Labute approximate surface area is 149 Å². The van der Waals surface area contributed by atoms with Gasteiger partial charge in [0, 0.05) is 0 Å². The average Bonchev–Trinajstić information content (AvgIpc) is 1.93. The molecule has 7 nitrogen and oxygen atoms in total. The molecule has 0 aromatic heterocycles. The van der Waals surface area contributed by atoms with E-state index >= 15 is 0 Å². The van der Waals surface area contributed by atoms with Crippen molar-refractivity contribution in [2.45, 2.75) is 0 Å². The van der Waals surface area contributed by atoms with Crippen LogP contribution in [-0.2, 0) is -1.24 Å². The third-order valence-electron chi connectivity index (χ3n) is 0.194. The predicted molar refractivity (Wildman–Crippen MR) is 8.53 cm³/mol. The third-order valence-corrected chi connectivity index (χ3v) is 10.7. The minimum atomic E-state index is -2.02. The van der Waals surface area contributed by atoms with Gasteiger partial charge in [-0.25, -0.2) is 0 Å². The van der Waals surface area contributed by atoms with Gasteiger partial charge < -0.3 is 5.48 Å². The maximum atomic E-state index is 9.37. The fourth-order valence-corrected chi connectivity index (χ4v) is 2.18. The molecule has 0 aliphatic heterocycles. The van der Waals surface area contributed by atoms with E-state index in [9.17, 15) is 4.09 Å². The summed E-state index contributed by atoms with van der Waals surface area (Å²) in [4.78, 5) is 0. The molecule has 0 spiro atoms. The predicted octanol–water partition coefficient (Wildman–Crippen LogP) is -1.44. The Kier molecular flexibility index (Phi) is 45.5. The van der Waals surface area contributed by atoms with Crippen LogP contribution in [0.1, 0.15) is 0 Å². The Bertz CT molecular complexity index is 87.0. The summed E-state index contributed by atoms with van der Waals surface area (Å²) in [7, 11) is 0. The zero-order chi connectivity index (χ0) is 8.24.